The Labute approximate surface area is 143 Å². The summed E-state index contributed by atoms with van der Waals surface area (Å²) >= 11 is 0. The first-order valence-electron chi connectivity index (χ1n) is 8.59. The molecule has 3 rings (SSSR count). The van der Waals surface area contributed by atoms with Gasteiger partial charge in [0.2, 0.25) is 5.91 Å². The second kappa shape index (κ2) is 6.77. The van der Waals surface area contributed by atoms with E-state index in [0.29, 0.717) is 12.5 Å². The summed E-state index contributed by atoms with van der Waals surface area (Å²) in [6, 6.07) is 10.4. The maximum absolute atomic E-state index is 12.5. The van der Waals surface area contributed by atoms with Crippen LogP contribution in [0.1, 0.15) is 49.4 Å². The first-order valence-corrected chi connectivity index (χ1v) is 8.59. The van der Waals surface area contributed by atoms with Gasteiger partial charge >= 0.3 is 0 Å². The van der Waals surface area contributed by atoms with Crippen molar-refractivity contribution in [1.82, 2.24) is 15.1 Å². The van der Waals surface area contributed by atoms with Gasteiger partial charge in [0.15, 0.2) is 0 Å². The highest BCUT2D eigenvalue weighted by molar-refractivity contribution is 5.85. The molecule has 128 valence electrons. The Morgan fingerprint density at radius 2 is 2.12 bits per heavy atom. The Morgan fingerprint density at radius 3 is 2.83 bits per heavy atom. The molecule has 2 aromatic rings. The summed E-state index contributed by atoms with van der Waals surface area (Å²) < 4.78 is 0. The SMILES string of the molecule is CC(C)(N)C(=O)N1CCC[C@H](c2[nH]ncc2Cc2ccccc2)C1. The zero-order valence-electron chi connectivity index (χ0n) is 14.5. The standard InChI is InChI=1S/C19H26N4O/c1-19(2,20)18(24)23-10-6-9-15(13-23)17-16(12-21-22-17)11-14-7-4-3-5-8-14/h3-5,7-8,12,15H,6,9-11,13,20H2,1-2H3,(H,21,22)/t15-/m0/s1. The third-order valence-electron chi connectivity index (χ3n) is 4.66. The van der Waals surface area contributed by atoms with E-state index < -0.39 is 5.54 Å². The number of aromatic nitrogens is 2. The molecule has 0 saturated carbocycles. The second-order valence-corrected chi connectivity index (χ2v) is 7.28. The minimum atomic E-state index is -0.817. The molecule has 1 aromatic carbocycles. The molecule has 3 N–H and O–H groups in total. The maximum atomic E-state index is 12.5. The van der Waals surface area contributed by atoms with Crippen molar-refractivity contribution in [2.75, 3.05) is 13.1 Å². The van der Waals surface area contributed by atoms with Crippen LogP contribution in [0.2, 0.25) is 0 Å². The molecular weight excluding hydrogens is 300 g/mol. The third-order valence-corrected chi connectivity index (χ3v) is 4.66. The lowest BCUT2D eigenvalue weighted by Gasteiger charge is -2.36. The molecule has 1 aromatic heterocycles. The molecule has 24 heavy (non-hydrogen) atoms. The van der Waals surface area contributed by atoms with Crippen LogP contribution in [0.25, 0.3) is 0 Å². The number of likely N-dealkylation sites (tertiary alicyclic amines) is 1. The molecule has 0 spiro atoms. The normalized spacial score (nSPS) is 18.6. The van der Waals surface area contributed by atoms with Crippen molar-refractivity contribution < 1.29 is 4.79 Å². The van der Waals surface area contributed by atoms with Crippen molar-refractivity contribution in [3.8, 4) is 0 Å². The zero-order chi connectivity index (χ0) is 17.2. The number of hydrogen-bond acceptors (Lipinski definition) is 3. The van der Waals surface area contributed by atoms with Crippen LogP contribution in [-0.4, -0.2) is 39.6 Å². The van der Waals surface area contributed by atoms with Gasteiger partial charge in [-0.3, -0.25) is 9.89 Å². The van der Waals surface area contributed by atoms with Gasteiger partial charge in [0.25, 0.3) is 0 Å². The van der Waals surface area contributed by atoms with Crippen molar-refractivity contribution in [2.24, 2.45) is 5.73 Å². The van der Waals surface area contributed by atoms with Gasteiger partial charge in [0.1, 0.15) is 0 Å². The number of piperidine rings is 1. The summed E-state index contributed by atoms with van der Waals surface area (Å²) in [5.74, 6) is 0.322. The van der Waals surface area contributed by atoms with Gasteiger partial charge in [-0.25, -0.2) is 0 Å². The molecule has 0 unspecified atom stereocenters. The largest absolute Gasteiger partial charge is 0.340 e. The Kier molecular flexibility index (Phi) is 4.71. The summed E-state index contributed by atoms with van der Waals surface area (Å²) in [4.78, 5) is 14.4. The van der Waals surface area contributed by atoms with Crippen LogP contribution < -0.4 is 5.73 Å². The topological polar surface area (TPSA) is 75.0 Å². The minimum Gasteiger partial charge on any atom is -0.340 e. The van der Waals surface area contributed by atoms with E-state index in [1.165, 1.54) is 11.1 Å². The highest BCUT2D eigenvalue weighted by atomic mass is 16.2. The quantitative estimate of drug-likeness (QED) is 0.906. The first-order chi connectivity index (χ1) is 11.4. The van der Waals surface area contributed by atoms with Crippen LogP contribution in [0.3, 0.4) is 0 Å². The van der Waals surface area contributed by atoms with E-state index in [9.17, 15) is 4.79 Å². The number of carbonyl (C=O) groups is 1. The van der Waals surface area contributed by atoms with E-state index in [0.717, 1.165) is 31.5 Å². The number of rotatable bonds is 4. The Balaban J connectivity index is 1.75. The lowest BCUT2D eigenvalue weighted by atomic mass is 9.90. The minimum absolute atomic E-state index is 0.0244. The van der Waals surface area contributed by atoms with Crippen LogP contribution in [0, 0.1) is 0 Å². The van der Waals surface area contributed by atoms with Crippen molar-refractivity contribution >= 4 is 5.91 Å². The Morgan fingerprint density at radius 1 is 1.38 bits per heavy atom. The first kappa shape index (κ1) is 16.7. The fourth-order valence-corrected chi connectivity index (χ4v) is 3.44. The maximum Gasteiger partial charge on any atom is 0.242 e. The van der Waals surface area contributed by atoms with Gasteiger partial charge in [0.05, 0.1) is 11.7 Å². The van der Waals surface area contributed by atoms with Crippen molar-refractivity contribution in [1.29, 1.82) is 0 Å². The zero-order valence-corrected chi connectivity index (χ0v) is 14.5. The summed E-state index contributed by atoms with van der Waals surface area (Å²) in [6.07, 6.45) is 4.84. The van der Waals surface area contributed by atoms with E-state index in [1.807, 2.05) is 17.2 Å². The van der Waals surface area contributed by atoms with Gasteiger partial charge in [-0.15, -0.1) is 0 Å². The van der Waals surface area contributed by atoms with Crippen molar-refractivity contribution in [3.05, 3.63) is 53.3 Å². The molecule has 0 aliphatic carbocycles. The lowest BCUT2D eigenvalue weighted by Crippen LogP contribution is -2.53. The monoisotopic (exact) mass is 326 g/mol. The summed E-state index contributed by atoms with van der Waals surface area (Å²) in [5, 5.41) is 7.43. The molecule has 1 amide bonds. The third kappa shape index (κ3) is 3.67. The van der Waals surface area contributed by atoms with Gasteiger partial charge in [-0.05, 0) is 37.8 Å². The lowest BCUT2D eigenvalue weighted by molar-refractivity contribution is -0.137. The van der Waals surface area contributed by atoms with E-state index >= 15 is 0 Å². The van der Waals surface area contributed by atoms with Crippen molar-refractivity contribution in [3.63, 3.8) is 0 Å². The molecule has 1 aliphatic heterocycles. The number of hydrogen-bond donors (Lipinski definition) is 2. The predicted molar refractivity (Wildman–Crippen MR) is 94.7 cm³/mol. The Bertz CT molecular complexity index is 687. The fraction of sp³-hybridized carbons (Fsp3) is 0.474. The van der Waals surface area contributed by atoms with Crippen LogP contribution in [-0.2, 0) is 11.2 Å². The summed E-state index contributed by atoms with van der Waals surface area (Å²) in [6.45, 7) is 5.05. The summed E-state index contributed by atoms with van der Waals surface area (Å²) in [7, 11) is 0. The van der Waals surface area contributed by atoms with Gasteiger partial charge in [-0.1, -0.05) is 30.3 Å². The summed E-state index contributed by atoms with van der Waals surface area (Å²) in [5.41, 5.74) is 8.82. The van der Waals surface area contributed by atoms with Crippen LogP contribution in [0.15, 0.2) is 36.5 Å². The number of carbonyl (C=O) groups excluding carboxylic acids is 1. The van der Waals surface area contributed by atoms with Crippen LogP contribution in [0.4, 0.5) is 0 Å². The number of nitrogens with zero attached hydrogens (tertiary/aromatic N) is 2. The molecule has 1 saturated heterocycles. The number of benzene rings is 1. The molecule has 0 radical (unpaired) electrons. The van der Waals surface area contributed by atoms with E-state index in [-0.39, 0.29) is 5.91 Å². The fourth-order valence-electron chi connectivity index (χ4n) is 3.44. The van der Waals surface area contributed by atoms with E-state index in [1.54, 1.807) is 13.8 Å². The average molecular weight is 326 g/mol. The second-order valence-electron chi connectivity index (χ2n) is 7.28. The van der Waals surface area contributed by atoms with Gasteiger partial charge in [-0.2, -0.15) is 5.10 Å². The number of H-pyrrole nitrogens is 1. The molecule has 2 heterocycles. The number of aromatic amines is 1. The highest BCUT2D eigenvalue weighted by Crippen LogP contribution is 2.29. The molecule has 5 heteroatoms. The number of amides is 1. The van der Waals surface area contributed by atoms with Gasteiger partial charge in [0, 0.05) is 31.1 Å². The molecule has 0 bridgehead atoms. The average Bonchev–Trinajstić information content (AvgIpc) is 3.02. The smallest absolute Gasteiger partial charge is 0.242 e. The number of nitrogens with one attached hydrogen (secondary N) is 1. The highest BCUT2D eigenvalue weighted by Gasteiger charge is 2.33. The van der Waals surface area contributed by atoms with Crippen molar-refractivity contribution in [2.45, 2.75) is 44.6 Å². The van der Waals surface area contributed by atoms with E-state index in [2.05, 4.69) is 34.5 Å². The Hall–Kier alpha value is -2.14. The molecular formula is C19H26N4O. The van der Waals surface area contributed by atoms with E-state index in [4.69, 9.17) is 5.73 Å². The molecule has 5 nitrogen and oxygen atoms in total. The van der Waals surface area contributed by atoms with Crippen LogP contribution in [0.5, 0.6) is 0 Å². The molecule has 1 aliphatic rings. The van der Waals surface area contributed by atoms with Gasteiger partial charge < -0.3 is 10.6 Å². The molecule has 1 atom stereocenters. The van der Waals surface area contributed by atoms with Crippen LogP contribution >= 0.6 is 0 Å². The number of nitrogens with two attached hydrogens (primary N) is 1. The predicted octanol–water partition coefficient (Wildman–Crippen LogP) is 2.44. The molecule has 1 fully saturated rings.